The Morgan fingerprint density at radius 1 is 1.29 bits per heavy atom. The predicted octanol–water partition coefficient (Wildman–Crippen LogP) is 1.06. The molecule has 5 heteroatoms. The lowest BCUT2D eigenvalue weighted by Gasteiger charge is -2.12. The first-order chi connectivity index (χ1) is 8.05. The van der Waals surface area contributed by atoms with Crippen LogP contribution in [0, 0.1) is 0 Å². The summed E-state index contributed by atoms with van der Waals surface area (Å²) in [6.45, 7) is 2.83. The smallest absolute Gasteiger partial charge is 0.212 e. The normalized spacial score (nSPS) is 13.5. The highest BCUT2D eigenvalue weighted by atomic mass is 32.2. The first kappa shape index (κ1) is 14.2. The molecule has 1 atom stereocenters. The van der Waals surface area contributed by atoms with Gasteiger partial charge in [0.2, 0.25) is 10.0 Å². The number of nitrogens with two attached hydrogens (primary N) is 1. The van der Waals surface area contributed by atoms with E-state index in [1.54, 1.807) is 0 Å². The molecule has 0 saturated heterocycles. The molecule has 0 bridgehead atoms. The summed E-state index contributed by atoms with van der Waals surface area (Å²) in [5.74, 6) is 0.105. The molecular formula is C12H20N2O2S. The molecule has 1 rings (SSSR count). The molecular weight excluding hydrogens is 236 g/mol. The van der Waals surface area contributed by atoms with Gasteiger partial charge < -0.3 is 5.73 Å². The SMILES string of the molecule is CC(CS(=O)(=O)NCCCN)c1ccccc1. The van der Waals surface area contributed by atoms with Gasteiger partial charge in [0.15, 0.2) is 0 Å². The number of rotatable bonds is 7. The highest BCUT2D eigenvalue weighted by molar-refractivity contribution is 7.89. The Kier molecular flexibility index (Phi) is 5.61. The van der Waals surface area contributed by atoms with E-state index in [1.807, 2.05) is 37.3 Å². The highest BCUT2D eigenvalue weighted by Gasteiger charge is 2.16. The van der Waals surface area contributed by atoms with Gasteiger partial charge in [0.25, 0.3) is 0 Å². The van der Waals surface area contributed by atoms with Gasteiger partial charge in [-0.15, -0.1) is 0 Å². The molecule has 4 nitrogen and oxygen atoms in total. The Hall–Kier alpha value is -0.910. The van der Waals surface area contributed by atoms with Crippen molar-refractivity contribution in [2.24, 2.45) is 5.73 Å². The van der Waals surface area contributed by atoms with Gasteiger partial charge in [-0.05, 0) is 24.4 Å². The van der Waals surface area contributed by atoms with Crippen molar-refractivity contribution in [2.45, 2.75) is 19.3 Å². The molecule has 0 aliphatic heterocycles. The molecule has 17 heavy (non-hydrogen) atoms. The molecule has 3 N–H and O–H groups in total. The van der Waals surface area contributed by atoms with E-state index in [0.29, 0.717) is 19.5 Å². The topological polar surface area (TPSA) is 72.2 Å². The average molecular weight is 256 g/mol. The lowest BCUT2D eigenvalue weighted by Crippen LogP contribution is -2.30. The van der Waals surface area contributed by atoms with E-state index in [4.69, 9.17) is 5.73 Å². The van der Waals surface area contributed by atoms with Crippen LogP contribution in [-0.2, 0) is 10.0 Å². The number of hydrogen-bond acceptors (Lipinski definition) is 3. The van der Waals surface area contributed by atoms with Crippen LogP contribution in [0.2, 0.25) is 0 Å². The van der Waals surface area contributed by atoms with Crippen molar-refractivity contribution in [3.8, 4) is 0 Å². The quantitative estimate of drug-likeness (QED) is 0.716. The Bertz CT molecular complexity index is 417. The van der Waals surface area contributed by atoms with Crippen molar-refractivity contribution in [3.05, 3.63) is 35.9 Å². The molecule has 0 fully saturated rings. The van der Waals surface area contributed by atoms with Crippen LogP contribution in [-0.4, -0.2) is 27.3 Å². The molecule has 0 saturated carbocycles. The molecule has 0 radical (unpaired) electrons. The van der Waals surface area contributed by atoms with Crippen LogP contribution >= 0.6 is 0 Å². The summed E-state index contributed by atoms with van der Waals surface area (Å²) in [5, 5.41) is 0. The van der Waals surface area contributed by atoms with Crippen molar-refractivity contribution < 1.29 is 8.42 Å². The van der Waals surface area contributed by atoms with Crippen molar-refractivity contribution >= 4 is 10.0 Å². The minimum Gasteiger partial charge on any atom is -0.330 e. The second-order valence-electron chi connectivity index (χ2n) is 4.13. The number of sulfonamides is 1. The standard InChI is InChI=1S/C12H20N2O2S/c1-11(12-6-3-2-4-7-12)10-17(15,16)14-9-5-8-13/h2-4,6-7,11,14H,5,8-10,13H2,1H3. The molecule has 0 aliphatic rings. The third kappa shape index (κ3) is 5.30. The summed E-state index contributed by atoms with van der Waals surface area (Å²) < 4.78 is 26.0. The second-order valence-corrected chi connectivity index (χ2v) is 5.98. The van der Waals surface area contributed by atoms with Crippen LogP contribution in [0.3, 0.4) is 0 Å². The molecule has 0 aliphatic carbocycles. The maximum Gasteiger partial charge on any atom is 0.212 e. The minimum absolute atomic E-state index is 0.00780. The fraction of sp³-hybridized carbons (Fsp3) is 0.500. The zero-order valence-corrected chi connectivity index (χ0v) is 10.9. The first-order valence-corrected chi connectivity index (χ1v) is 7.43. The van der Waals surface area contributed by atoms with E-state index in [1.165, 1.54) is 0 Å². The van der Waals surface area contributed by atoms with Gasteiger partial charge in [-0.25, -0.2) is 13.1 Å². The van der Waals surface area contributed by atoms with Gasteiger partial charge in [-0.1, -0.05) is 37.3 Å². The fourth-order valence-electron chi connectivity index (χ4n) is 1.60. The monoisotopic (exact) mass is 256 g/mol. The predicted molar refractivity (Wildman–Crippen MR) is 70.3 cm³/mol. The molecule has 96 valence electrons. The summed E-state index contributed by atoms with van der Waals surface area (Å²) in [5.41, 5.74) is 6.35. The second kappa shape index (κ2) is 6.74. The number of nitrogens with one attached hydrogen (secondary N) is 1. The first-order valence-electron chi connectivity index (χ1n) is 5.77. The Balaban J connectivity index is 2.53. The Morgan fingerprint density at radius 2 is 1.94 bits per heavy atom. The zero-order chi connectivity index (χ0) is 12.7. The molecule has 0 heterocycles. The maximum absolute atomic E-state index is 11.7. The minimum atomic E-state index is -3.21. The van der Waals surface area contributed by atoms with E-state index >= 15 is 0 Å². The molecule has 1 unspecified atom stereocenters. The van der Waals surface area contributed by atoms with Crippen molar-refractivity contribution in [1.29, 1.82) is 0 Å². The summed E-state index contributed by atoms with van der Waals surface area (Å²) in [6, 6.07) is 9.64. The summed E-state index contributed by atoms with van der Waals surface area (Å²) in [6.07, 6.45) is 0.666. The summed E-state index contributed by atoms with van der Waals surface area (Å²) in [4.78, 5) is 0. The van der Waals surface area contributed by atoms with Gasteiger partial charge in [0.05, 0.1) is 5.75 Å². The third-order valence-electron chi connectivity index (χ3n) is 2.54. The van der Waals surface area contributed by atoms with Gasteiger partial charge in [-0.3, -0.25) is 0 Å². The molecule has 0 amide bonds. The lowest BCUT2D eigenvalue weighted by molar-refractivity contribution is 0.574. The number of benzene rings is 1. The molecule has 1 aromatic carbocycles. The van der Waals surface area contributed by atoms with Crippen LogP contribution < -0.4 is 10.5 Å². The number of hydrogen-bond donors (Lipinski definition) is 2. The van der Waals surface area contributed by atoms with E-state index in [9.17, 15) is 8.42 Å². The molecule has 1 aromatic rings. The van der Waals surface area contributed by atoms with E-state index in [2.05, 4.69) is 4.72 Å². The van der Waals surface area contributed by atoms with Gasteiger partial charge in [-0.2, -0.15) is 0 Å². The van der Waals surface area contributed by atoms with E-state index < -0.39 is 10.0 Å². The van der Waals surface area contributed by atoms with Gasteiger partial charge in [0.1, 0.15) is 0 Å². The van der Waals surface area contributed by atoms with Crippen molar-refractivity contribution in [1.82, 2.24) is 4.72 Å². The fourth-order valence-corrected chi connectivity index (χ4v) is 3.02. The van der Waals surface area contributed by atoms with Crippen LogP contribution in [0.4, 0.5) is 0 Å². The van der Waals surface area contributed by atoms with Crippen LogP contribution in [0.1, 0.15) is 24.8 Å². The Morgan fingerprint density at radius 3 is 2.53 bits per heavy atom. The van der Waals surface area contributed by atoms with Crippen LogP contribution in [0.25, 0.3) is 0 Å². The van der Waals surface area contributed by atoms with Crippen molar-refractivity contribution in [3.63, 3.8) is 0 Å². The van der Waals surface area contributed by atoms with Gasteiger partial charge in [0, 0.05) is 6.54 Å². The lowest BCUT2D eigenvalue weighted by atomic mass is 10.0. The highest BCUT2D eigenvalue weighted by Crippen LogP contribution is 2.16. The average Bonchev–Trinajstić information content (AvgIpc) is 2.30. The summed E-state index contributed by atoms with van der Waals surface area (Å²) >= 11 is 0. The van der Waals surface area contributed by atoms with Gasteiger partial charge >= 0.3 is 0 Å². The molecule has 0 aromatic heterocycles. The summed E-state index contributed by atoms with van der Waals surface area (Å²) in [7, 11) is -3.21. The largest absolute Gasteiger partial charge is 0.330 e. The van der Waals surface area contributed by atoms with Crippen LogP contribution in [0.5, 0.6) is 0 Å². The van der Waals surface area contributed by atoms with E-state index in [-0.39, 0.29) is 11.7 Å². The third-order valence-corrected chi connectivity index (χ3v) is 4.12. The maximum atomic E-state index is 11.7. The van der Waals surface area contributed by atoms with E-state index in [0.717, 1.165) is 5.56 Å². The van der Waals surface area contributed by atoms with Crippen LogP contribution in [0.15, 0.2) is 30.3 Å². The Labute approximate surface area is 103 Å². The zero-order valence-electron chi connectivity index (χ0n) is 10.1. The molecule has 0 spiro atoms. The van der Waals surface area contributed by atoms with Crippen molar-refractivity contribution in [2.75, 3.05) is 18.8 Å².